The van der Waals surface area contributed by atoms with Crippen LogP contribution in [0.5, 0.6) is 5.75 Å². The van der Waals surface area contributed by atoms with Crippen LogP contribution in [0.1, 0.15) is 64.0 Å². The summed E-state index contributed by atoms with van der Waals surface area (Å²) in [4.78, 5) is 13.3. The molecule has 0 aromatic heterocycles. The van der Waals surface area contributed by atoms with Gasteiger partial charge < -0.3 is 10.1 Å². The number of nitrogens with zero attached hydrogens (tertiary/aromatic N) is 2. The van der Waals surface area contributed by atoms with Crippen molar-refractivity contribution >= 4 is 40.5 Å². The Morgan fingerprint density at radius 3 is 2.42 bits per heavy atom. The number of carbonyl (C=O) groups excluding carboxylic acids is 1. The summed E-state index contributed by atoms with van der Waals surface area (Å²) in [6.45, 7) is 4.63. The second kappa shape index (κ2) is 10.8. The zero-order chi connectivity index (χ0) is 23.4. The van der Waals surface area contributed by atoms with Gasteiger partial charge in [-0.15, -0.1) is 0 Å². The van der Waals surface area contributed by atoms with Crippen molar-refractivity contribution in [1.29, 1.82) is 0 Å². The number of hydrogen-bond acceptors (Lipinski definition) is 4. The molecule has 1 fully saturated rings. The third kappa shape index (κ3) is 5.47. The highest BCUT2D eigenvalue weighted by molar-refractivity contribution is 6.41. The lowest BCUT2D eigenvalue weighted by Gasteiger charge is -2.28. The highest BCUT2D eigenvalue weighted by atomic mass is 35.5. The minimum Gasteiger partial charge on any atom is -0.494 e. The van der Waals surface area contributed by atoms with E-state index >= 15 is 0 Å². The number of hydrogen-bond donors (Lipinski definition) is 1. The molecule has 2 aromatic rings. The number of ether oxygens (including phenoxy) is 1. The summed E-state index contributed by atoms with van der Waals surface area (Å²) in [5.74, 6) is 0.605. The second-order valence-corrected chi connectivity index (χ2v) is 9.67. The molecule has 2 aliphatic rings. The van der Waals surface area contributed by atoms with Crippen LogP contribution in [0.4, 0.5) is 5.69 Å². The van der Waals surface area contributed by atoms with E-state index in [9.17, 15) is 4.79 Å². The number of rotatable bonds is 6. The van der Waals surface area contributed by atoms with Gasteiger partial charge in [0.1, 0.15) is 11.5 Å². The number of nitrogens with one attached hydrogen (secondary N) is 1. The first-order valence-corrected chi connectivity index (χ1v) is 12.6. The lowest BCUT2D eigenvalue weighted by molar-refractivity contribution is -0.115. The molecule has 33 heavy (non-hydrogen) atoms. The summed E-state index contributed by atoms with van der Waals surface area (Å²) in [5.41, 5.74) is 2.30. The van der Waals surface area contributed by atoms with E-state index in [1.54, 1.807) is 12.1 Å². The molecule has 1 saturated carbocycles. The Balaban J connectivity index is 1.65. The van der Waals surface area contributed by atoms with Crippen molar-refractivity contribution in [3.63, 3.8) is 0 Å². The lowest BCUT2D eigenvalue weighted by atomic mass is 9.90. The zero-order valence-corrected chi connectivity index (χ0v) is 20.7. The molecule has 2 atom stereocenters. The van der Waals surface area contributed by atoms with Gasteiger partial charge in [-0.1, -0.05) is 67.9 Å². The lowest BCUT2D eigenvalue weighted by Crippen LogP contribution is -2.40. The normalized spacial score (nSPS) is 21.5. The molecule has 1 amide bonds. The van der Waals surface area contributed by atoms with Gasteiger partial charge in [0.15, 0.2) is 0 Å². The molecule has 4 rings (SSSR count). The molecule has 1 N–H and O–H groups in total. The van der Waals surface area contributed by atoms with Gasteiger partial charge >= 0.3 is 0 Å². The van der Waals surface area contributed by atoms with Crippen molar-refractivity contribution in [3.05, 3.63) is 58.1 Å². The molecule has 0 unspecified atom stereocenters. The van der Waals surface area contributed by atoms with E-state index in [1.165, 1.54) is 12.8 Å². The van der Waals surface area contributed by atoms with Gasteiger partial charge in [-0.3, -0.25) is 9.80 Å². The summed E-state index contributed by atoms with van der Waals surface area (Å²) in [7, 11) is 0. The van der Waals surface area contributed by atoms with Crippen LogP contribution in [-0.4, -0.2) is 24.3 Å². The van der Waals surface area contributed by atoms with E-state index in [4.69, 9.17) is 33.0 Å². The molecule has 2 aromatic carbocycles. The van der Waals surface area contributed by atoms with Gasteiger partial charge in [0.2, 0.25) is 0 Å². The third-order valence-electron chi connectivity index (χ3n) is 6.50. The van der Waals surface area contributed by atoms with E-state index < -0.39 is 0 Å². The highest BCUT2D eigenvalue weighted by Gasteiger charge is 2.40. The Hall–Kier alpha value is -2.24. The topological polar surface area (TPSA) is 53.9 Å². The first-order chi connectivity index (χ1) is 16.0. The second-order valence-electron chi connectivity index (χ2n) is 8.82. The van der Waals surface area contributed by atoms with E-state index in [2.05, 4.69) is 12.2 Å². The summed E-state index contributed by atoms with van der Waals surface area (Å²) >= 11 is 12.7. The average Bonchev–Trinajstić information content (AvgIpc) is 2.95. The molecule has 0 bridgehead atoms. The summed E-state index contributed by atoms with van der Waals surface area (Å²) in [6.07, 6.45) is 6.87. The quantitative estimate of drug-likeness (QED) is 0.456. The minimum absolute atomic E-state index is 0.0853. The molecule has 176 valence electrons. The molecule has 7 heteroatoms. The zero-order valence-electron chi connectivity index (χ0n) is 19.2. The van der Waals surface area contributed by atoms with E-state index in [1.807, 2.05) is 42.3 Å². The maximum absolute atomic E-state index is 13.3. The predicted molar refractivity (Wildman–Crippen MR) is 136 cm³/mol. The molecule has 1 heterocycles. The van der Waals surface area contributed by atoms with Crippen molar-refractivity contribution < 1.29 is 9.53 Å². The molecular weight excluding hydrogens is 457 g/mol. The first-order valence-electron chi connectivity index (χ1n) is 11.8. The van der Waals surface area contributed by atoms with Crippen LogP contribution in [0, 0.1) is 5.92 Å². The summed E-state index contributed by atoms with van der Waals surface area (Å²) in [6, 6.07) is 13.4. The SMILES string of the molecule is CCOc1ccc([C@H]2[C@@H](C)C(C(=O)NC3CCCCCC3)=NN2c2ccc(Cl)cc2Cl)cc1. The fraction of sp³-hybridized carbons (Fsp3) is 0.462. The van der Waals surface area contributed by atoms with Crippen LogP contribution >= 0.6 is 23.2 Å². The van der Waals surface area contributed by atoms with Crippen molar-refractivity contribution in [3.8, 4) is 5.75 Å². The van der Waals surface area contributed by atoms with Crippen molar-refractivity contribution in [1.82, 2.24) is 5.32 Å². The Morgan fingerprint density at radius 2 is 1.79 bits per heavy atom. The van der Waals surface area contributed by atoms with Crippen molar-refractivity contribution in [2.75, 3.05) is 11.6 Å². The van der Waals surface area contributed by atoms with Crippen molar-refractivity contribution in [2.45, 2.75) is 64.5 Å². The van der Waals surface area contributed by atoms with E-state index in [0.29, 0.717) is 22.4 Å². The third-order valence-corrected chi connectivity index (χ3v) is 7.03. The van der Waals surface area contributed by atoms with Crippen LogP contribution in [-0.2, 0) is 4.79 Å². The van der Waals surface area contributed by atoms with Crippen LogP contribution in [0.25, 0.3) is 0 Å². The largest absolute Gasteiger partial charge is 0.494 e. The smallest absolute Gasteiger partial charge is 0.268 e. The van der Waals surface area contributed by atoms with Crippen LogP contribution in [0.3, 0.4) is 0 Å². The number of hydrazone groups is 1. The van der Waals surface area contributed by atoms with Gasteiger partial charge in [-0.05, 0) is 55.7 Å². The molecule has 0 radical (unpaired) electrons. The van der Waals surface area contributed by atoms with Crippen molar-refractivity contribution in [2.24, 2.45) is 11.0 Å². The fourth-order valence-corrected chi connectivity index (χ4v) is 5.29. The van der Waals surface area contributed by atoms with Crippen LogP contribution < -0.4 is 15.1 Å². The maximum atomic E-state index is 13.3. The van der Waals surface area contributed by atoms with E-state index in [-0.39, 0.29) is 23.9 Å². The number of benzene rings is 2. The first kappa shape index (κ1) is 23.9. The molecule has 1 aliphatic carbocycles. The molecule has 5 nitrogen and oxygen atoms in total. The Bertz CT molecular complexity index is 1000. The van der Waals surface area contributed by atoms with Gasteiger partial charge in [0, 0.05) is 17.0 Å². The molecular formula is C26H31Cl2N3O2. The Kier molecular flexibility index (Phi) is 7.82. The Morgan fingerprint density at radius 1 is 1.09 bits per heavy atom. The van der Waals surface area contributed by atoms with E-state index in [0.717, 1.165) is 42.7 Å². The summed E-state index contributed by atoms with van der Waals surface area (Å²) < 4.78 is 5.61. The van der Waals surface area contributed by atoms with Crippen LogP contribution in [0.15, 0.2) is 47.6 Å². The maximum Gasteiger partial charge on any atom is 0.268 e. The molecule has 0 saturated heterocycles. The molecule has 0 spiro atoms. The monoisotopic (exact) mass is 487 g/mol. The van der Waals surface area contributed by atoms with Gasteiger partial charge in [0.05, 0.1) is 23.4 Å². The number of halogens is 2. The predicted octanol–water partition coefficient (Wildman–Crippen LogP) is 6.78. The number of carbonyl (C=O) groups is 1. The fourth-order valence-electron chi connectivity index (χ4n) is 4.79. The van der Waals surface area contributed by atoms with Crippen LogP contribution in [0.2, 0.25) is 10.0 Å². The highest BCUT2D eigenvalue weighted by Crippen LogP contribution is 2.42. The molecule has 1 aliphatic heterocycles. The standard InChI is InChI=1S/C26H31Cl2N3O2/c1-3-33-21-13-10-18(11-14-21)25-17(2)24(26(32)29-20-8-6-4-5-7-9-20)30-31(25)23-15-12-19(27)16-22(23)28/h10-17,20,25H,3-9H2,1-2H3,(H,29,32)/t17-,25+/m0/s1. The number of amides is 1. The number of anilines is 1. The Labute approximate surface area is 206 Å². The van der Waals surface area contributed by atoms with Gasteiger partial charge in [0.25, 0.3) is 5.91 Å². The average molecular weight is 488 g/mol. The van der Waals surface area contributed by atoms with Gasteiger partial charge in [-0.25, -0.2) is 0 Å². The summed E-state index contributed by atoms with van der Waals surface area (Å²) in [5, 5.41) is 11.0. The van der Waals surface area contributed by atoms with Gasteiger partial charge in [-0.2, -0.15) is 5.10 Å². The minimum atomic E-state index is -0.172.